The molecule has 6 nitrogen and oxygen atoms in total. The Kier molecular flexibility index (Phi) is 6.82. The van der Waals surface area contributed by atoms with E-state index in [2.05, 4.69) is 15.2 Å². The number of hydrogen-bond acceptors (Lipinski definition) is 6. The number of hydrogen-bond donors (Lipinski definition) is 1. The second-order valence-electron chi connectivity index (χ2n) is 5.24. The summed E-state index contributed by atoms with van der Waals surface area (Å²) in [6.45, 7) is 8.65. The van der Waals surface area contributed by atoms with Gasteiger partial charge in [-0.05, 0) is 25.3 Å². The zero-order valence-electron chi connectivity index (χ0n) is 13.1. The van der Waals surface area contributed by atoms with Crippen LogP contribution in [-0.4, -0.2) is 62.3 Å². The average Bonchev–Trinajstić information content (AvgIpc) is 3.02. The molecule has 0 bridgehead atoms. The number of rotatable bonds is 5. The number of ether oxygens (including phenoxy) is 2. The second-order valence-corrected chi connectivity index (χ2v) is 6.19. The number of amides is 1. The lowest BCUT2D eigenvalue weighted by Gasteiger charge is -2.25. The van der Waals surface area contributed by atoms with Crippen LogP contribution in [0.2, 0.25) is 0 Å². The van der Waals surface area contributed by atoms with Gasteiger partial charge in [-0.2, -0.15) is 0 Å². The van der Waals surface area contributed by atoms with Gasteiger partial charge in [0, 0.05) is 19.6 Å². The van der Waals surface area contributed by atoms with Crippen LogP contribution in [0.3, 0.4) is 0 Å². The first-order chi connectivity index (χ1) is 10.6. The van der Waals surface area contributed by atoms with Gasteiger partial charge in [-0.1, -0.05) is 6.07 Å². The van der Waals surface area contributed by atoms with E-state index >= 15 is 0 Å². The Morgan fingerprint density at radius 2 is 2.27 bits per heavy atom. The molecule has 1 aliphatic rings. The quantitative estimate of drug-likeness (QED) is 0.660. The number of nitrogens with one attached hydrogen (secondary N) is 1. The van der Waals surface area contributed by atoms with E-state index in [1.165, 1.54) is 11.3 Å². The molecule has 1 aromatic heterocycles. The van der Waals surface area contributed by atoms with Crippen molar-refractivity contribution in [3.05, 3.63) is 22.4 Å². The third-order valence-corrected chi connectivity index (χ3v) is 3.96. The molecular formula is C15H23N3O3S. The molecule has 1 aromatic rings. The fraction of sp³-hybridized carbons (Fsp3) is 0.600. The summed E-state index contributed by atoms with van der Waals surface area (Å²) < 4.78 is 10.9. The highest BCUT2D eigenvalue weighted by Crippen LogP contribution is 2.08. The van der Waals surface area contributed by atoms with Crippen LogP contribution in [0.15, 0.2) is 22.5 Å². The lowest BCUT2D eigenvalue weighted by molar-refractivity contribution is 0.0393. The van der Waals surface area contributed by atoms with Crippen LogP contribution in [0.1, 0.15) is 23.5 Å². The lowest BCUT2D eigenvalue weighted by Crippen LogP contribution is -2.38. The van der Waals surface area contributed by atoms with E-state index in [4.69, 9.17) is 9.47 Å². The van der Waals surface area contributed by atoms with Crippen LogP contribution in [0, 0.1) is 0 Å². The Balaban J connectivity index is 1.87. The zero-order chi connectivity index (χ0) is 15.8. The molecule has 1 aliphatic heterocycles. The van der Waals surface area contributed by atoms with Crippen LogP contribution in [0.4, 0.5) is 0 Å². The first-order valence-electron chi connectivity index (χ1n) is 7.51. The molecule has 0 unspecified atom stereocenters. The van der Waals surface area contributed by atoms with Gasteiger partial charge in [-0.15, -0.1) is 11.3 Å². The van der Waals surface area contributed by atoms with Crippen LogP contribution >= 0.6 is 11.3 Å². The summed E-state index contributed by atoms with van der Waals surface area (Å²) in [5, 5.41) is 4.61. The molecule has 0 aliphatic carbocycles. The van der Waals surface area contributed by atoms with Crippen molar-refractivity contribution in [2.75, 3.05) is 39.4 Å². The Morgan fingerprint density at radius 1 is 1.50 bits per heavy atom. The predicted octanol–water partition coefficient (Wildman–Crippen LogP) is 1.59. The molecule has 0 aromatic carbocycles. The van der Waals surface area contributed by atoms with Gasteiger partial charge in [-0.25, -0.2) is 4.99 Å². The molecule has 22 heavy (non-hydrogen) atoms. The SMILES string of the molecule is CC(C)OC(=NCCN1CCOCC1)NC(=O)c1cccs1. The van der Waals surface area contributed by atoms with Crippen molar-refractivity contribution in [1.82, 2.24) is 10.2 Å². The highest BCUT2D eigenvalue weighted by Gasteiger charge is 2.13. The molecule has 0 spiro atoms. The molecule has 122 valence electrons. The van der Waals surface area contributed by atoms with Gasteiger partial charge in [-0.3, -0.25) is 15.0 Å². The minimum Gasteiger partial charge on any atom is -0.462 e. The van der Waals surface area contributed by atoms with E-state index in [9.17, 15) is 4.79 Å². The van der Waals surface area contributed by atoms with Crippen molar-refractivity contribution in [3.8, 4) is 0 Å². The van der Waals surface area contributed by atoms with Gasteiger partial charge in [0.05, 0.1) is 30.7 Å². The highest BCUT2D eigenvalue weighted by atomic mass is 32.1. The van der Waals surface area contributed by atoms with E-state index < -0.39 is 0 Å². The summed E-state index contributed by atoms with van der Waals surface area (Å²) in [6, 6.07) is 3.92. The van der Waals surface area contributed by atoms with Gasteiger partial charge in [0.2, 0.25) is 0 Å². The number of aliphatic imine (C=N–C) groups is 1. The molecule has 1 saturated heterocycles. The van der Waals surface area contributed by atoms with Crippen LogP contribution in [-0.2, 0) is 9.47 Å². The molecule has 1 amide bonds. The minimum absolute atomic E-state index is 0.0363. The van der Waals surface area contributed by atoms with Crippen molar-refractivity contribution in [3.63, 3.8) is 0 Å². The molecule has 2 heterocycles. The van der Waals surface area contributed by atoms with Crippen molar-refractivity contribution >= 4 is 23.3 Å². The molecule has 0 radical (unpaired) electrons. The summed E-state index contributed by atoms with van der Waals surface area (Å²) in [5.41, 5.74) is 0. The summed E-state index contributed by atoms with van der Waals surface area (Å²) in [5.74, 6) is -0.180. The second kappa shape index (κ2) is 8.87. The topological polar surface area (TPSA) is 63.2 Å². The number of thiophene rings is 1. The average molecular weight is 325 g/mol. The van der Waals surface area contributed by atoms with Crippen LogP contribution < -0.4 is 5.32 Å². The predicted molar refractivity (Wildman–Crippen MR) is 87.6 cm³/mol. The van der Waals surface area contributed by atoms with Gasteiger partial charge in [0.25, 0.3) is 11.9 Å². The Bertz CT molecular complexity index is 482. The van der Waals surface area contributed by atoms with Gasteiger partial charge >= 0.3 is 0 Å². The van der Waals surface area contributed by atoms with E-state index in [0.29, 0.717) is 17.4 Å². The minimum atomic E-state index is -0.180. The van der Waals surface area contributed by atoms with Crippen LogP contribution in [0.25, 0.3) is 0 Å². The molecular weight excluding hydrogens is 302 g/mol. The van der Waals surface area contributed by atoms with E-state index in [0.717, 1.165) is 32.8 Å². The number of nitrogens with zero attached hydrogens (tertiary/aromatic N) is 2. The maximum absolute atomic E-state index is 12.1. The number of carbonyl (C=O) groups excluding carboxylic acids is 1. The Morgan fingerprint density at radius 3 is 2.91 bits per heavy atom. The van der Waals surface area contributed by atoms with E-state index in [-0.39, 0.29) is 12.0 Å². The maximum Gasteiger partial charge on any atom is 0.292 e. The van der Waals surface area contributed by atoms with E-state index in [1.54, 1.807) is 6.07 Å². The summed E-state index contributed by atoms with van der Waals surface area (Å²) in [4.78, 5) is 19.4. The largest absolute Gasteiger partial charge is 0.462 e. The smallest absolute Gasteiger partial charge is 0.292 e. The maximum atomic E-state index is 12.1. The summed E-state index contributed by atoms with van der Waals surface area (Å²) in [7, 11) is 0. The fourth-order valence-electron chi connectivity index (χ4n) is 2.01. The number of carbonyl (C=O) groups is 1. The third-order valence-electron chi connectivity index (χ3n) is 3.09. The summed E-state index contributed by atoms with van der Waals surface area (Å²) >= 11 is 1.39. The Hall–Kier alpha value is -1.44. The van der Waals surface area contributed by atoms with Crippen molar-refractivity contribution in [1.29, 1.82) is 0 Å². The van der Waals surface area contributed by atoms with Gasteiger partial charge < -0.3 is 9.47 Å². The van der Waals surface area contributed by atoms with Crippen molar-refractivity contribution in [2.24, 2.45) is 4.99 Å². The van der Waals surface area contributed by atoms with Crippen molar-refractivity contribution in [2.45, 2.75) is 20.0 Å². The first kappa shape index (κ1) is 16.9. The molecule has 2 rings (SSSR count). The molecule has 1 fully saturated rings. The number of morpholine rings is 1. The Labute approximate surface area is 135 Å². The fourth-order valence-corrected chi connectivity index (χ4v) is 2.63. The third kappa shape index (κ3) is 5.75. The van der Waals surface area contributed by atoms with Gasteiger partial charge in [0.1, 0.15) is 0 Å². The standard InChI is InChI=1S/C15H23N3O3S/c1-12(2)21-15(17-14(19)13-4-3-11-22-13)16-5-6-18-7-9-20-10-8-18/h3-4,11-12H,5-10H2,1-2H3,(H,16,17,19). The number of amidine groups is 1. The summed E-state index contributed by atoms with van der Waals surface area (Å²) in [6.07, 6.45) is -0.0363. The first-order valence-corrected chi connectivity index (χ1v) is 8.39. The van der Waals surface area contributed by atoms with Crippen LogP contribution in [0.5, 0.6) is 0 Å². The molecule has 0 atom stereocenters. The normalized spacial score (nSPS) is 16.8. The van der Waals surface area contributed by atoms with Gasteiger partial charge in [0.15, 0.2) is 0 Å². The zero-order valence-corrected chi connectivity index (χ0v) is 13.9. The lowest BCUT2D eigenvalue weighted by atomic mass is 10.4. The molecule has 0 saturated carbocycles. The van der Waals surface area contributed by atoms with E-state index in [1.807, 2.05) is 25.3 Å². The monoisotopic (exact) mass is 325 g/mol. The molecule has 1 N–H and O–H groups in total. The van der Waals surface area contributed by atoms with Crippen molar-refractivity contribution < 1.29 is 14.3 Å². The molecule has 7 heteroatoms. The highest BCUT2D eigenvalue weighted by molar-refractivity contribution is 7.12.